The quantitative estimate of drug-likeness (QED) is 0.859. The summed E-state index contributed by atoms with van der Waals surface area (Å²) in [7, 11) is 0. The number of hydrogen-bond acceptors (Lipinski definition) is 3. The second-order valence-electron chi connectivity index (χ2n) is 6.46. The second kappa shape index (κ2) is 8.41. The van der Waals surface area contributed by atoms with Crippen molar-refractivity contribution in [1.29, 1.82) is 0 Å². The molecule has 4 nitrogen and oxygen atoms in total. The molecule has 3 rings (SSSR count). The van der Waals surface area contributed by atoms with Gasteiger partial charge in [-0.1, -0.05) is 23.7 Å². The molecule has 0 unspecified atom stereocenters. The van der Waals surface area contributed by atoms with E-state index in [1.165, 1.54) is 6.07 Å². The van der Waals surface area contributed by atoms with Crippen LogP contribution < -0.4 is 10.2 Å². The number of amides is 1. The van der Waals surface area contributed by atoms with Gasteiger partial charge in [-0.2, -0.15) is 0 Å². The van der Waals surface area contributed by atoms with E-state index in [9.17, 15) is 9.18 Å². The molecule has 0 aliphatic carbocycles. The van der Waals surface area contributed by atoms with Gasteiger partial charge >= 0.3 is 0 Å². The molecule has 0 aromatic heterocycles. The highest BCUT2D eigenvalue weighted by Crippen LogP contribution is 2.21. The van der Waals surface area contributed by atoms with Gasteiger partial charge < -0.3 is 15.1 Å². The van der Waals surface area contributed by atoms with Crippen LogP contribution in [0.4, 0.5) is 15.8 Å². The first-order chi connectivity index (χ1) is 12.5. The Hall–Kier alpha value is -2.27. The number of carbonyl (C=O) groups is 1. The highest BCUT2D eigenvalue weighted by molar-refractivity contribution is 6.30. The first-order valence-corrected chi connectivity index (χ1v) is 9.19. The van der Waals surface area contributed by atoms with E-state index in [0.29, 0.717) is 49.9 Å². The van der Waals surface area contributed by atoms with Crippen LogP contribution in [0.2, 0.25) is 5.02 Å². The molecule has 1 fully saturated rings. The Morgan fingerprint density at radius 3 is 2.58 bits per heavy atom. The molecular weight excluding hydrogens is 353 g/mol. The van der Waals surface area contributed by atoms with Crippen molar-refractivity contribution in [3.8, 4) is 0 Å². The number of halogens is 2. The van der Waals surface area contributed by atoms with Crippen LogP contribution in [-0.4, -0.2) is 43.5 Å². The van der Waals surface area contributed by atoms with Crippen molar-refractivity contribution >= 4 is 28.9 Å². The third kappa shape index (κ3) is 4.47. The van der Waals surface area contributed by atoms with E-state index in [-0.39, 0.29) is 11.7 Å². The van der Waals surface area contributed by atoms with Crippen molar-refractivity contribution in [2.75, 3.05) is 42.9 Å². The summed E-state index contributed by atoms with van der Waals surface area (Å²) in [6.07, 6.45) is 0.432. The summed E-state index contributed by atoms with van der Waals surface area (Å²) in [6, 6.07) is 12.4. The first-order valence-electron chi connectivity index (χ1n) is 8.82. The lowest BCUT2D eigenvalue weighted by atomic mass is 10.2. The third-order valence-corrected chi connectivity index (χ3v) is 4.90. The fraction of sp³-hybridized carbons (Fsp3) is 0.350. The van der Waals surface area contributed by atoms with E-state index in [0.717, 1.165) is 11.3 Å². The summed E-state index contributed by atoms with van der Waals surface area (Å²) in [6.45, 7) is 5.10. The Bertz CT molecular complexity index is 775. The average molecular weight is 376 g/mol. The van der Waals surface area contributed by atoms with Crippen LogP contribution in [0.3, 0.4) is 0 Å². The van der Waals surface area contributed by atoms with Crippen molar-refractivity contribution in [3.63, 3.8) is 0 Å². The number of nitrogens with zero attached hydrogens (tertiary/aromatic N) is 2. The molecule has 2 aromatic carbocycles. The SMILES string of the molecule is Cc1cc(Cl)ccc1NCCC(=O)N1CCN(c2ccccc2F)CC1. The fourth-order valence-electron chi connectivity index (χ4n) is 3.19. The Morgan fingerprint density at radius 2 is 1.88 bits per heavy atom. The van der Waals surface area contributed by atoms with Crippen molar-refractivity contribution < 1.29 is 9.18 Å². The number of nitrogens with one attached hydrogen (secondary N) is 1. The highest BCUT2D eigenvalue weighted by atomic mass is 35.5. The smallest absolute Gasteiger partial charge is 0.224 e. The molecule has 1 amide bonds. The summed E-state index contributed by atoms with van der Waals surface area (Å²) < 4.78 is 13.9. The van der Waals surface area contributed by atoms with Gasteiger partial charge in [-0.15, -0.1) is 0 Å². The largest absolute Gasteiger partial charge is 0.384 e. The van der Waals surface area contributed by atoms with Crippen LogP contribution in [0.1, 0.15) is 12.0 Å². The molecule has 0 atom stereocenters. The molecular formula is C20H23ClFN3O. The summed E-state index contributed by atoms with van der Waals surface area (Å²) >= 11 is 5.95. The lowest BCUT2D eigenvalue weighted by Crippen LogP contribution is -2.49. The van der Waals surface area contributed by atoms with Gasteiger partial charge in [0.15, 0.2) is 0 Å². The minimum atomic E-state index is -0.213. The summed E-state index contributed by atoms with van der Waals surface area (Å²) in [5.41, 5.74) is 2.66. The monoisotopic (exact) mass is 375 g/mol. The van der Waals surface area contributed by atoms with E-state index in [2.05, 4.69) is 5.32 Å². The van der Waals surface area contributed by atoms with Gasteiger partial charge in [0, 0.05) is 49.9 Å². The van der Waals surface area contributed by atoms with Crippen LogP contribution in [-0.2, 0) is 4.79 Å². The zero-order valence-corrected chi connectivity index (χ0v) is 15.6. The Kier molecular flexibility index (Phi) is 5.99. The predicted molar refractivity (Wildman–Crippen MR) is 104 cm³/mol. The normalized spacial score (nSPS) is 14.4. The Balaban J connectivity index is 1.46. The number of carbonyl (C=O) groups excluding carboxylic acids is 1. The Morgan fingerprint density at radius 1 is 1.15 bits per heavy atom. The number of hydrogen-bond donors (Lipinski definition) is 1. The standard InChI is InChI=1S/C20H23ClFN3O/c1-15-14-16(21)6-7-18(15)23-9-8-20(26)25-12-10-24(11-13-25)19-5-3-2-4-17(19)22/h2-7,14,23H,8-13H2,1H3. The molecule has 1 heterocycles. The van der Waals surface area contributed by atoms with E-state index in [1.807, 2.05) is 41.0 Å². The minimum absolute atomic E-state index is 0.123. The molecule has 0 bridgehead atoms. The molecule has 26 heavy (non-hydrogen) atoms. The molecule has 138 valence electrons. The Labute approximate surface area is 158 Å². The lowest BCUT2D eigenvalue weighted by Gasteiger charge is -2.36. The van der Waals surface area contributed by atoms with E-state index in [1.54, 1.807) is 12.1 Å². The molecule has 1 saturated heterocycles. The third-order valence-electron chi connectivity index (χ3n) is 4.67. The van der Waals surface area contributed by atoms with Crippen LogP contribution in [0.5, 0.6) is 0 Å². The number of benzene rings is 2. The van der Waals surface area contributed by atoms with Crippen LogP contribution in [0.15, 0.2) is 42.5 Å². The molecule has 0 saturated carbocycles. The van der Waals surface area contributed by atoms with Crippen molar-refractivity contribution in [2.24, 2.45) is 0 Å². The molecule has 2 aromatic rings. The fourth-order valence-corrected chi connectivity index (χ4v) is 3.42. The number of rotatable bonds is 5. The zero-order valence-electron chi connectivity index (χ0n) is 14.8. The van der Waals surface area contributed by atoms with Crippen molar-refractivity contribution in [3.05, 3.63) is 58.9 Å². The average Bonchev–Trinajstić information content (AvgIpc) is 2.64. The van der Waals surface area contributed by atoms with Gasteiger partial charge in [0.1, 0.15) is 5.82 Å². The maximum atomic E-state index is 13.9. The van der Waals surface area contributed by atoms with E-state index in [4.69, 9.17) is 11.6 Å². The second-order valence-corrected chi connectivity index (χ2v) is 6.89. The zero-order chi connectivity index (χ0) is 18.5. The topological polar surface area (TPSA) is 35.6 Å². The van der Waals surface area contributed by atoms with Gasteiger partial charge in [-0.25, -0.2) is 4.39 Å². The number of piperazine rings is 1. The summed E-state index contributed by atoms with van der Waals surface area (Å²) in [5.74, 6) is -0.0906. The number of aryl methyl sites for hydroxylation is 1. The van der Waals surface area contributed by atoms with Gasteiger partial charge in [0.25, 0.3) is 0 Å². The van der Waals surface area contributed by atoms with E-state index >= 15 is 0 Å². The van der Waals surface area contributed by atoms with Gasteiger partial charge in [0.05, 0.1) is 5.69 Å². The van der Waals surface area contributed by atoms with Crippen LogP contribution >= 0.6 is 11.6 Å². The minimum Gasteiger partial charge on any atom is -0.384 e. The lowest BCUT2D eigenvalue weighted by molar-refractivity contribution is -0.131. The first kappa shape index (κ1) is 18.5. The van der Waals surface area contributed by atoms with Crippen LogP contribution in [0, 0.1) is 12.7 Å². The molecule has 1 aliphatic rings. The summed E-state index contributed by atoms with van der Waals surface area (Å²) in [4.78, 5) is 16.3. The van der Waals surface area contributed by atoms with Gasteiger partial charge in [0.2, 0.25) is 5.91 Å². The maximum absolute atomic E-state index is 13.9. The summed E-state index contributed by atoms with van der Waals surface area (Å²) in [5, 5.41) is 3.99. The number of para-hydroxylation sites is 1. The van der Waals surface area contributed by atoms with E-state index < -0.39 is 0 Å². The maximum Gasteiger partial charge on any atom is 0.224 e. The van der Waals surface area contributed by atoms with Crippen LogP contribution in [0.25, 0.3) is 0 Å². The molecule has 1 N–H and O–H groups in total. The molecule has 0 radical (unpaired) electrons. The predicted octanol–water partition coefficient (Wildman–Crippen LogP) is 3.94. The van der Waals surface area contributed by atoms with Gasteiger partial charge in [-0.05, 0) is 42.8 Å². The molecule has 0 spiro atoms. The number of anilines is 2. The van der Waals surface area contributed by atoms with Crippen molar-refractivity contribution in [1.82, 2.24) is 4.90 Å². The molecule has 1 aliphatic heterocycles. The van der Waals surface area contributed by atoms with Crippen molar-refractivity contribution in [2.45, 2.75) is 13.3 Å². The van der Waals surface area contributed by atoms with Gasteiger partial charge in [-0.3, -0.25) is 4.79 Å². The molecule has 6 heteroatoms. The highest BCUT2D eigenvalue weighted by Gasteiger charge is 2.22.